The Morgan fingerprint density at radius 3 is 1.52 bits per heavy atom. The van der Waals surface area contributed by atoms with Gasteiger partial charge in [-0.1, -0.05) is 38.1 Å². The van der Waals surface area contributed by atoms with Gasteiger partial charge in [-0.3, -0.25) is 9.59 Å². The number of primary amides is 2. The zero-order valence-corrected chi connectivity index (χ0v) is 12.1. The molecular weight excluding hydrogens is 264 g/mol. The molecular formula is C17H18N2O2. The third-order valence-corrected chi connectivity index (χ3v) is 3.74. The highest BCUT2D eigenvalue weighted by atomic mass is 16.1. The van der Waals surface area contributed by atoms with Crippen LogP contribution >= 0.6 is 0 Å². The van der Waals surface area contributed by atoms with E-state index in [0.29, 0.717) is 11.1 Å². The molecule has 108 valence electrons. The monoisotopic (exact) mass is 282 g/mol. The summed E-state index contributed by atoms with van der Waals surface area (Å²) in [6.07, 6.45) is 0. The van der Waals surface area contributed by atoms with Crippen LogP contribution in [0.25, 0.3) is 0 Å². The second kappa shape index (κ2) is 5.40. The van der Waals surface area contributed by atoms with Crippen LogP contribution < -0.4 is 11.5 Å². The fraction of sp³-hybridized carbons (Fsp3) is 0.176. The van der Waals surface area contributed by atoms with E-state index in [9.17, 15) is 9.59 Å². The molecule has 2 aromatic rings. The molecule has 0 unspecified atom stereocenters. The largest absolute Gasteiger partial charge is 0.366 e. The van der Waals surface area contributed by atoms with E-state index >= 15 is 0 Å². The van der Waals surface area contributed by atoms with Crippen LogP contribution in [0.15, 0.2) is 48.5 Å². The summed E-state index contributed by atoms with van der Waals surface area (Å²) in [6.45, 7) is 4.04. The van der Waals surface area contributed by atoms with Crippen molar-refractivity contribution >= 4 is 11.8 Å². The quantitative estimate of drug-likeness (QED) is 0.900. The number of hydrogen-bond donors (Lipinski definition) is 2. The van der Waals surface area contributed by atoms with E-state index in [1.165, 1.54) is 0 Å². The number of benzene rings is 2. The van der Waals surface area contributed by atoms with Crippen LogP contribution in [-0.4, -0.2) is 11.8 Å². The molecule has 2 amide bonds. The summed E-state index contributed by atoms with van der Waals surface area (Å²) in [7, 11) is 0. The Bertz CT molecular complexity index is 646. The molecule has 4 heteroatoms. The molecule has 0 spiro atoms. The number of amides is 2. The molecule has 0 radical (unpaired) electrons. The van der Waals surface area contributed by atoms with Gasteiger partial charge in [-0.25, -0.2) is 0 Å². The van der Waals surface area contributed by atoms with Crippen LogP contribution in [0.2, 0.25) is 0 Å². The maximum absolute atomic E-state index is 11.3. The van der Waals surface area contributed by atoms with Crippen molar-refractivity contribution in [3.05, 3.63) is 70.8 Å². The number of rotatable bonds is 4. The van der Waals surface area contributed by atoms with Crippen LogP contribution in [0.1, 0.15) is 45.7 Å². The van der Waals surface area contributed by atoms with Gasteiger partial charge < -0.3 is 11.5 Å². The lowest BCUT2D eigenvalue weighted by molar-refractivity contribution is 0.0992. The highest BCUT2D eigenvalue weighted by molar-refractivity contribution is 5.93. The standard InChI is InChI=1S/C17H18N2O2/c1-17(2,13-7-3-5-11(9-13)15(18)20)14-8-4-6-12(10-14)16(19)21/h3-10H,1-2H3,(H2,18,20)(H2,19,21). The van der Waals surface area contributed by atoms with E-state index in [4.69, 9.17) is 11.5 Å². The summed E-state index contributed by atoms with van der Waals surface area (Å²) < 4.78 is 0. The van der Waals surface area contributed by atoms with Crippen LogP contribution in [0.3, 0.4) is 0 Å². The first kappa shape index (κ1) is 14.8. The summed E-state index contributed by atoms with van der Waals surface area (Å²) in [5, 5.41) is 0. The van der Waals surface area contributed by atoms with E-state index in [2.05, 4.69) is 0 Å². The van der Waals surface area contributed by atoms with Crippen LogP contribution in [0.4, 0.5) is 0 Å². The fourth-order valence-electron chi connectivity index (χ4n) is 2.29. The Labute approximate surface area is 123 Å². The second-order valence-electron chi connectivity index (χ2n) is 5.52. The van der Waals surface area contributed by atoms with Crippen molar-refractivity contribution in [2.75, 3.05) is 0 Å². The van der Waals surface area contributed by atoms with Gasteiger partial charge in [0.15, 0.2) is 0 Å². The Balaban J connectivity index is 2.50. The zero-order valence-electron chi connectivity index (χ0n) is 12.1. The predicted octanol–water partition coefficient (Wildman–Crippen LogP) is 2.21. The summed E-state index contributed by atoms with van der Waals surface area (Å²) in [5.74, 6) is -0.919. The van der Waals surface area contributed by atoms with Crippen molar-refractivity contribution in [2.45, 2.75) is 19.3 Å². The van der Waals surface area contributed by atoms with Gasteiger partial charge in [0.05, 0.1) is 0 Å². The molecule has 0 fully saturated rings. The minimum absolute atomic E-state index is 0.378. The molecule has 0 atom stereocenters. The van der Waals surface area contributed by atoms with Crippen LogP contribution in [0.5, 0.6) is 0 Å². The SMILES string of the molecule is CC(C)(c1cccc(C(N)=O)c1)c1cccc(C(N)=O)c1. The van der Waals surface area contributed by atoms with Crippen molar-refractivity contribution in [1.29, 1.82) is 0 Å². The molecule has 21 heavy (non-hydrogen) atoms. The first-order chi connectivity index (χ1) is 9.82. The summed E-state index contributed by atoms with van der Waals surface area (Å²) in [6, 6.07) is 14.4. The van der Waals surface area contributed by atoms with Gasteiger partial charge in [0.2, 0.25) is 11.8 Å². The molecule has 0 aliphatic heterocycles. The minimum atomic E-state index is -0.460. The van der Waals surface area contributed by atoms with E-state index in [1.807, 2.05) is 26.0 Å². The van der Waals surface area contributed by atoms with Crippen LogP contribution in [-0.2, 0) is 5.41 Å². The Morgan fingerprint density at radius 2 is 1.19 bits per heavy atom. The molecule has 0 bridgehead atoms. The van der Waals surface area contributed by atoms with Crippen LogP contribution in [0, 0.1) is 0 Å². The lowest BCUT2D eigenvalue weighted by Crippen LogP contribution is -2.21. The topological polar surface area (TPSA) is 86.2 Å². The predicted molar refractivity (Wildman–Crippen MR) is 82.0 cm³/mol. The van der Waals surface area contributed by atoms with Gasteiger partial charge in [0, 0.05) is 16.5 Å². The van der Waals surface area contributed by atoms with Gasteiger partial charge in [-0.2, -0.15) is 0 Å². The number of hydrogen-bond acceptors (Lipinski definition) is 2. The Kier molecular flexibility index (Phi) is 3.80. The maximum atomic E-state index is 11.3. The fourth-order valence-corrected chi connectivity index (χ4v) is 2.29. The molecule has 0 heterocycles. The van der Waals surface area contributed by atoms with Gasteiger partial charge in [0.25, 0.3) is 0 Å². The van der Waals surface area contributed by atoms with Gasteiger partial charge >= 0.3 is 0 Å². The molecule has 2 aromatic carbocycles. The molecule has 0 saturated carbocycles. The Hall–Kier alpha value is -2.62. The number of carbonyl (C=O) groups is 2. The van der Waals surface area contributed by atoms with E-state index < -0.39 is 11.8 Å². The summed E-state index contributed by atoms with van der Waals surface area (Å²) in [4.78, 5) is 22.6. The first-order valence-electron chi connectivity index (χ1n) is 6.63. The average Bonchev–Trinajstić information content (AvgIpc) is 2.47. The van der Waals surface area contributed by atoms with Crippen molar-refractivity contribution < 1.29 is 9.59 Å². The third-order valence-electron chi connectivity index (χ3n) is 3.74. The molecule has 4 N–H and O–H groups in total. The van der Waals surface area contributed by atoms with Crippen molar-refractivity contribution in [2.24, 2.45) is 11.5 Å². The van der Waals surface area contributed by atoms with E-state index in [-0.39, 0.29) is 5.41 Å². The highest BCUT2D eigenvalue weighted by Crippen LogP contribution is 2.32. The highest BCUT2D eigenvalue weighted by Gasteiger charge is 2.24. The third kappa shape index (κ3) is 2.94. The van der Waals surface area contributed by atoms with E-state index in [0.717, 1.165) is 11.1 Å². The molecule has 4 nitrogen and oxygen atoms in total. The van der Waals surface area contributed by atoms with Crippen molar-refractivity contribution in [3.8, 4) is 0 Å². The second-order valence-corrected chi connectivity index (χ2v) is 5.52. The van der Waals surface area contributed by atoms with Crippen molar-refractivity contribution in [3.63, 3.8) is 0 Å². The van der Waals surface area contributed by atoms with E-state index in [1.54, 1.807) is 36.4 Å². The lowest BCUT2D eigenvalue weighted by atomic mass is 9.77. The molecule has 0 aromatic heterocycles. The maximum Gasteiger partial charge on any atom is 0.248 e. The summed E-state index contributed by atoms with van der Waals surface area (Å²) in [5.41, 5.74) is 13.1. The molecule has 2 rings (SSSR count). The summed E-state index contributed by atoms with van der Waals surface area (Å²) >= 11 is 0. The van der Waals surface area contributed by atoms with Gasteiger partial charge in [0.1, 0.15) is 0 Å². The normalized spacial score (nSPS) is 11.1. The Morgan fingerprint density at radius 1 is 0.810 bits per heavy atom. The smallest absolute Gasteiger partial charge is 0.248 e. The molecule has 0 aliphatic rings. The molecule has 0 aliphatic carbocycles. The number of nitrogens with two attached hydrogens (primary N) is 2. The van der Waals surface area contributed by atoms with Gasteiger partial charge in [-0.05, 0) is 35.4 Å². The van der Waals surface area contributed by atoms with Crippen molar-refractivity contribution in [1.82, 2.24) is 0 Å². The van der Waals surface area contributed by atoms with Gasteiger partial charge in [-0.15, -0.1) is 0 Å². The lowest BCUT2D eigenvalue weighted by Gasteiger charge is -2.26. The zero-order chi connectivity index (χ0) is 15.6. The number of carbonyl (C=O) groups excluding carboxylic acids is 2. The first-order valence-corrected chi connectivity index (χ1v) is 6.63. The minimum Gasteiger partial charge on any atom is -0.366 e. The molecule has 0 saturated heterocycles. The average molecular weight is 282 g/mol.